The molecular weight excluding hydrogens is 616 g/mol. The van der Waals surface area contributed by atoms with Crippen molar-refractivity contribution in [3.8, 4) is 16.9 Å². The molecule has 2 aromatic carbocycles. The number of amides is 1. The lowest BCUT2D eigenvalue weighted by atomic mass is 10.0. The Kier molecular flexibility index (Phi) is 8.47. The van der Waals surface area contributed by atoms with E-state index in [1.54, 1.807) is 11.1 Å². The maximum atomic E-state index is 16.1. The fourth-order valence-electron chi connectivity index (χ4n) is 5.33. The van der Waals surface area contributed by atoms with Crippen LogP contribution < -0.4 is 10.5 Å². The molecule has 3 heterocycles. The van der Waals surface area contributed by atoms with E-state index < -0.39 is 37.7 Å². The largest absolute Gasteiger partial charge is 0.495 e. The van der Waals surface area contributed by atoms with Crippen molar-refractivity contribution in [2.24, 2.45) is 0 Å². The summed E-state index contributed by atoms with van der Waals surface area (Å²) in [6.07, 6.45) is 3.84. The van der Waals surface area contributed by atoms with Crippen LogP contribution in [-0.2, 0) is 20.3 Å². The molecule has 0 spiro atoms. The highest BCUT2D eigenvalue weighted by atomic mass is 35.5. The van der Waals surface area contributed by atoms with Crippen LogP contribution in [0.2, 0.25) is 5.02 Å². The molecule has 14 heteroatoms. The van der Waals surface area contributed by atoms with Crippen LogP contribution in [0, 0.1) is 11.6 Å². The van der Waals surface area contributed by atoms with E-state index in [9.17, 15) is 17.6 Å². The van der Waals surface area contributed by atoms with Gasteiger partial charge in [-0.3, -0.25) is 0 Å². The molecule has 0 unspecified atom stereocenters. The average Bonchev–Trinajstić information content (AvgIpc) is 3.35. The van der Waals surface area contributed by atoms with Gasteiger partial charge in [-0.25, -0.2) is 32.0 Å². The Morgan fingerprint density at radius 2 is 1.84 bits per heavy atom. The van der Waals surface area contributed by atoms with E-state index in [1.165, 1.54) is 31.6 Å². The third-order valence-corrected chi connectivity index (χ3v) is 9.37. The Balaban J connectivity index is 1.48. The molecule has 0 saturated carbocycles. The van der Waals surface area contributed by atoms with Crippen molar-refractivity contribution in [2.45, 2.75) is 55.9 Å². The number of carbonyl (C=O) groups is 1. The summed E-state index contributed by atoms with van der Waals surface area (Å²) in [6.45, 7) is 6.33. The van der Waals surface area contributed by atoms with Crippen molar-refractivity contribution in [3.05, 3.63) is 65.1 Å². The third kappa shape index (κ3) is 6.16. The number of halogens is 3. The van der Waals surface area contributed by atoms with E-state index in [2.05, 4.69) is 9.97 Å². The summed E-state index contributed by atoms with van der Waals surface area (Å²) < 4.78 is 69.6. The van der Waals surface area contributed by atoms with E-state index in [0.29, 0.717) is 42.5 Å². The number of methoxy groups -OCH3 is 1. The van der Waals surface area contributed by atoms with E-state index in [1.807, 2.05) is 25.3 Å². The third-order valence-electron chi connectivity index (χ3n) is 7.40. The number of piperidine rings is 1. The maximum Gasteiger partial charge on any atom is 0.410 e. The summed E-state index contributed by atoms with van der Waals surface area (Å²) in [5.74, 6) is -2.59. The van der Waals surface area contributed by atoms with Crippen molar-refractivity contribution < 1.29 is 31.5 Å². The first-order valence-corrected chi connectivity index (χ1v) is 15.9. The lowest BCUT2D eigenvalue weighted by Gasteiger charge is -2.34. The molecule has 1 amide bonds. The zero-order valence-electron chi connectivity index (χ0n) is 24.6. The Labute approximate surface area is 258 Å². The van der Waals surface area contributed by atoms with Gasteiger partial charge in [-0.1, -0.05) is 29.8 Å². The number of carbonyl (C=O) groups excluding carboxylic acids is 1. The topological polar surface area (TPSA) is 130 Å². The highest BCUT2D eigenvalue weighted by Crippen LogP contribution is 2.39. The molecule has 44 heavy (non-hydrogen) atoms. The van der Waals surface area contributed by atoms with Crippen molar-refractivity contribution in [1.82, 2.24) is 19.4 Å². The van der Waals surface area contributed by atoms with E-state index in [-0.39, 0.29) is 39.9 Å². The molecule has 0 aliphatic carbocycles. The van der Waals surface area contributed by atoms with Gasteiger partial charge in [0.25, 0.3) is 0 Å². The van der Waals surface area contributed by atoms with Crippen LogP contribution in [0.25, 0.3) is 22.2 Å². The van der Waals surface area contributed by atoms with Gasteiger partial charge in [0.1, 0.15) is 45.7 Å². The van der Waals surface area contributed by atoms with Crippen LogP contribution in [0.4, 0.5) is 19.4 Å². The minimum Gasteiger partial charge on any atom is -0.495 e. The van der Waals surface area contributed by atoms with Crippen LogP contribution in [0.5, 0.6) is 5.75 Å². The zero-order valence-corrected chi connectivity index (χ0v) is 26.2. The highest BCUT2D eigenvalue weighted by Gasteiger charge is 2.30. The van der Waals surface area contributed by atoms with Gasteiger partial charge >= 0.3 is 6.09 Å². The number of rotatable bonds is 6. The second-order valence-corrected chi connectivity index (χ2v) is 13.9. The van der Waals surface area contributed by atoms with E-state index in [4.69, 9.17) is 26.8 Å². The van der Waals surface area contributed by atoms with Crippen LogP contribution in [0.3, 0.4) is 0 Å². The first-order chi connectivity index (χ1) is 20.7. The van der Waals surface area contributed by atoms with Crippen molar-refractivity contribution in [3.63, 3.8) is 0 Å². The van der Waals surface area contributed by atoms with Crippen LogP contribution >= 0.6 is 11.6 Å². The van der Waals surface area contributed by atoms with Crippen LogP contribution in [-0.4, -0.2) is 59.7 Å². The smallest absolute Gasteiger partial charge is 0.410 e. The molecule has 1 aliphatic heterocycles. The molecule has 0 atom stereocenters. The zero-order chi connectivity index (χ0) is 32.0. The molecule has 10 nitrogen and oxygen atoms in total. The molecular formula is C30H32ClF2N5O5S. The lowest BCUT2D eigenvalue weighted by Crippen LogP contribution is -2.42. The first-order valence-electron chi connectivity index (χ1n) is 13.8. The Morgan fingerprint density at radius 3 is 2.50 bits per heavy atom. The van der Waals surface area contributed by atoms with Crippen molar-refractivity contribution in [1.29, 1.82) is 0 Å². The number of likely N-dealkylation sites (tertiary alicyclic amines) is 1. The lowest BCUT2D eigenvalue weighted by molar-refractivity contribution is 0.0189. The number of sulfone groups is 1. The number of aromatic nitrogens is 3. The number of hydrogen-bond donors (Lipinski definition) is 1. The van der Waals surface area contributed by atoms with Gasteiger partial charge < -0.3 is 24.7 Å². The molecule has 2 N–H and O–H groups in total. The number of nitrogen functional groups attached to an aromatic ring is 1. The van der Waals surface area contributed by atoms with E-state index in [0.717, 1.165) is 12.1 Å². The number of ether oxygens (including phenoxy) is 2. The second kappa shape index (κ2) is 11.8. The molecule has 1 fully saturated rings. The fraction of sp³-hybridized carbons (Fsp3) is 0.367. The molecule has 4 aromatic rings. The average molecular weight is 648 g/mol. The number of fused-ring (bicyclic) bond motifs is 1. The number of hydrogen-bond acceptors (Lipinski definition) is 8. The summed E-state index contributed by atoms with van der Waals surface area (Å²) in [7, 11) is -3.08. The molecule has 0 bridgehead atoms. The molecule has 2 aromatic heterocycles. The summed E-state index contributed by atoms with van der Waals surface area (Å²) in [6, 6.07) is 6.08. The minimum atomic E-state index is -4.35. The molecule has 1 saturated heterocycles. The summed E-state index contributed by atoms with van der Waals surface area (Å²) in [5, 5.41) is 0.316. The predicted octanol–water partition coefficient (Wildman–Crippen LogP) is 6.17. The Hall–Kier alpha value is -3.97. The Morgan fingerprint density at radius 1 is 1.14 bits per heavy atom. The standard InChI is InChI=1S/C30H32ClF2N5O5S/c1-30(2,3)43-29(39)37-10-8-18(9-11-37)38-14-20(25-27(34)35-16-36-28(25)38)19-7-5-6-17(26(19)33)15-44(40,41)24-12-21(31)23(42-4)13-22(24)32/h5-7,12-14,16,18H,8-11,15H2,1-4H3,(H2,34,35,36). The van der Waals surface area contributed by atoms with E-state index >= 15 is 4.39 Å². The van der Waals surface area contributed by atoms with Gasteiger partial charge in [0.05, 0.1) is 23.3 Å². The Bertz CT molecular complexity index is 1850. The number of nitrogens with two attached hydrogens (primary N) is 1. The highest BCUT2D eigenvalue weighted by molar-refractivity contribution is 7.90. The molecule has 0 radical (unpaired) electrons. The SMILES string of the molecule is COc1cc(F)c(S(=O)(=O)Cc2cccc(-c3cn(C4CCN(C(=O)OC(C)(C)C)CC4)c4ncnc(N)c34)c2F)cc1Cl. The maximum absolute atomic E-state index is 16.1. The normalized spacial score (nSPS) is 14.7. The second-order valence-electron chi connectivity index (χ2n) is 11.6. The van der Waals surface area contributed by atoms with Gasteiger partial charge in [0, 0.05) is 48.1 Å². The van der Waals surface area contributed by atoms with Crippen molar-refractivity contribution in [2.75, 3.05) is 25.9 Å². The molecule has 234 valence electrons. The minimum absolute atomic E-state index is 0.0250. The monoisotopic (exact) mass is 647 g/mol. The summed E-state index contributed by atoms with van der Waals surface area (Å²) in [4.78, 5) is 22.1. The quantitative estimate of drug-likeness (QED) is 0.263. The summed E-state index contributed by atoms with van der Waals surface area (Å²) >= 11 is 6.05. The van der Waals surface area contributed by atoms with Crippen LogP contribution in [0.1, 0.15) is 45.2 Å². The number of nitrogens with zero attached hydrogens (tertiary/aromatic N) is 4. The molecule has 5 rings (SSSR count). The molecule has 1 aliphatic rings. The van der Waals surface area contributed by atoms with Gasteiger partial charge in [-0.2, -0.15) is 0 Å². The van der Waals surface area contributed by atoms with Crippen LogP contribution in [0.15, 0.2) is 47.8 Å². The van der Waals surface area contributed by atoms with Gasteiger partial charge in [-0.05, 0) is 39.7 Å². The van der Waals surface area contributed by atoms with Gasteiger partial charge in [0.2, 0.25) is 0 Å². The fourth-order valence-corrected chi connectivity index (χ4v) is 7.08. The predicted molar refractivity (Wildman–Crippen MR) is 162 cm³/mol. The summed E-state index contributed by atoms with van der Waals surface area (Å²) in [5.41, 5.74) is 6.43. The van der Waals surface area contributed by atoms with Gasteiger partial charge in [0.15, 0.2) is 9.84 Å². The number of benzene rings is 2. The van der Waals surface area contributed by atoms with Crippen molar-refractivity contribution >= 4 is 44.4 Å². The first kappa shape index (κ1) is 31.5. The van der Waals surface area contributed by atoms with Gasteiger partial charge in [-0.15, -0.1) is 0 Å². The number of anilines is 1.